The van der Waals surface area contributed by atoms with Crippen LogP contribution in [0.5, 0.6) is 5.75 Å². The molecule has 2 N–H and O–H groups in total. The quantitative estimate of drug-likeness (QED) is 0.234. The molecular weight excluding hydrogens is 548 g/mol. The van der Waals surface area contributed by atoms with Crippen LogP contribution in [0.2, 0.25) is 10.0 Å². The standard InChI is InChI=1S/C24H19BrCl2FN3O3/c25-17-6-8-22(34-14-15-5-7-18(26)12-19(15)27)16(11-17)13-29-31-24(33)10-9-23(32)30-21-4-2-1-3-20(21)28/h1-8,11-13H,9-10,14H2,(H,30,32)(H,31,33). The molecule has 3 aromatic carbocycles. The lowest BCUT2D eigenvalue weighted by atomic mass is 10.2. The molecule has 0 heterocycles. The number of ether oxygens (including phenoxy) is 1. The minimum absolute atomic E-state index is 0.0630. The van der Waals surface area contributed by atoms with Crippen LogP contribution in [0.3, 0.4) is 0 Å². The van der Waals surface area contributed by atoms with Crippen molar-refractivity contribution in [1.29, 1.82) is 0 Å². The van der Waals surface area contributed by atoms with Gasteiger partial charge < -0.3 is 10.1 Å². The minimum Gasteiger partial charge on any atom is -0.488 e. The second kappa shape index (κ2) is 12.5. The average molecular weight is 567 g/mol. The maximum atomic E-state index is 13.6. The number of hydrogen-bond acceptors (Lipinski definition) is 4. The molecule has 176 valence electrons. The number of benzene rings is 3. The minimum atomic E-state index is -0.546. The molecule has 6 nitrogen and oxygen atoms in total. The van der Waals surface area contributed by atoms with Crippen molar-refractivity contribution in [1.82, 2.24) is 5.43 Å². The number of carbonyl (C=O) groups is 2. The van der Waals surface area contributed by atoms with Crippen LogP contribution in [0.15, 0.2) is 70.2 Å². The Hall–Kier alpha value is -2.94. The monoisotopic (exact) mass is 565 g/mol. The molecule has 0 aliphatic carbocycles. The SMILES string of the molecule is O=C(CCC(=O)Nc1ccccc1F)NN=Cc1cc(Br)ccc1OCc1ccc(Cl)cc1Cl. The number of hydrogen-bond donors (Lipinski definition) is 2. The van der Waals surface area contributed by atoms with Crippen molar-refractivity contribution >= 4 is 62.8 Å². The van der Waals surface area contributed by atoms with Crippen LogP contribution < -0.4 is 15.5 Å². The van der Waals surface area contributed by atoms with Gasteiger partial charge in [0.05, 0.1) is 11.9 Å². The van der Waals surface area contributed by atoms with E-state index in [1.165, 1.54) is 24.4 Å². The molecule has 0 atom stereocenters. The lowest BCUT2D eigenvalue weighted by molar-refractivity contribution is -0.124. The summed E-state index contributed by atoms with van der Waals surface area (Å²) >= 11 is 15.5. The Bertz CT molecular complexity index is 1220. The molecule has 0 spiro atoms. The molecule has 34 heavy (non-hydrogen) atoms. The lowest BCUT2D eigenvalue weighted by Crippen LogP contribution is -2.21. The van der Waals surface area contributed by atoms with Gasteiger partial charge in [0, 0.05) is 38.5 Å². The highest BCUT2D eigenvalue weighted by molar-refractivity contribution is 9.10. The van der Waals surface area contributed by atoms with E-state index in [2.05, 4.69) is 31.8 Å². The fraction of sp³-hybridized carbons (Fsp3) is 0.125. The number of nitrogens with zero attached hydrogens (tertiary/aromatic N) is 1. The van der Waals surface area contributed by atoms with E-state index in [1.54, 1.807) is 36.4 Å². The van der Waals surface area contributed by atoms with Crippen molar-refractivity contribution in [2.24, 2.45) is 5.10 Å². The van der Waals surface area contributed by atoms with E-state index in [-0.39, 0.29) is 25.1 Å². The van der Waals surface area contributed by atoms with Gasteiger partial charge in [-0.1, -0.05) is 57.3 Å². The highest BCUT2D eigenvalue weighted by Crippen LogP contribution is 2.26. The summed E-state index contributed by atoms with van der Waals surface area (Å²) in [5.41, 5.74) is 3.80. The Morgan fingerprint density at radius 1 is 1.03 bits per heavy atom. The number of halogens is 4. The summed E-state index contributed by atoms with van der Waals surface area (Å²) in [5, 5.41) is 7.39. The summed E-state index contributed by atoms with van der Waals surface area (Å²) in [5.74, 6) is -0.968. The predicted molar refractivity (Wildman–Crippen MR) is 135 cm³/mol. The van der Waals surface area contributed by atoms with Crippen molar-refractivity contribution in [3.05, 3.63) is 92.1 Å². The Kier molecular flexibility index (Phi) is 9.44. The van der Waals surface area contributed by atoms with Crippen LogP contribution >= 0.6 is 39.1 Å². The van der Waals surface area contributed by atoms with E-state index in [0.717, 1.165) is 10.0 Å². The Morgan fingerprint density at radius 3 is 2.56 bits per heavy atom. The first kappa shape index (κ1) is 25.7. The molecule has 3 rings (SSSR count). The fourth-order valence-electron chi connectivity index (χ4n) is 2.78. The highest BCUT2D eigenvalue weighted by Gasteiger charge is 2.10. The molecule has 0 unspecified atom stereocenters. The molecule has 0 radical (unpaired) electrons. The smallest absolute Gasteiger partial charge is 0.240 e. The number of para-hydroxylation sites is 1. The lowest BCUT2D eigenvalue weighted by Gasteiger charge is -2.11. The van der Waals surface area contributed by atoms with Gasteiger partial charge in [-0.15, -0.1) is 0 Å². The first-order valence-electron chi connectivity index (χ1n) is 10.0. The van der Waals surface area contributed by atoms with Gasteiger partial charge in [0.15, 0.2) is 0 Å². The Balaban J connectivity index is 1.53. The van der Waals surface area contributed by atoms with Crippen molar-refractivity contribution in [3.8, 4) is 5.75 Å². The molecule has 0 aliphatic heterocycles. The number of hydrazone groups is 1. The summed E-state index contributed by atoms with van der Waals surface area (Å²) in [6, 6.07) is 16.3. The summed E-state index contributed by atoms with van der Waals surface area (Å²) < 4.78 is 20.2. The van der Waals surface area contributed by atoms with E-state index in [9.17, 15) is 14.0 Å². The maximum Gasteiger partial charge on any atom is 0.240 e. The van der Waals surface area contributed by atoms with Gasteiger partial charge in [0.25, 0.3) is 0 Å². The zero-order chi connectivity index (χ0) is 24.5. The molecule has 0 saturated heterocycles. The summed E-state index contributed by atoms with van der Waals surface area (Å²) in [6.07, 6.45) is 1.19. The summed E-state index contributed by atoms with van der Waals surface area (Å²) in [4.78, 5) is 24.0. The van der Waals surface area contributed by atoms with Gasteiger partial charge in [-0.2, -0.15) is 5.10 Å². The number of amides is 2. The van der Waals surface area contributed by atoms with Gasteiger partial charge in [-0.3, -0.25) is 9.59 Å². The highest BCUT2D eigenvalue weighted by atomic mass is 79.9. The molecular formula is C24H19BrCl2FN3O3. The van der Waals surface area contributed by atoms with Crippen LogP contribution in [0.4, 0.5) is 10.1 Å². The van der Waals surface area contributed by atoms with Crippen molar-refractivity contribution in [3.63, 3.8) is 0 Å². The van der Waals surface area contributed by atoms with Gasteiger partial charge >= 0.3 is 0 Å². The first-order valence-corrected chi connectivity index (χ1v) is 11.6. The molecule has 3 aromatic rings. The number of anilines is 1. The topological polar surface area (TPSA) is 79.8 Å². The Morgan fingerprint density at radius 2 is 1.79 bits per heavy atom. The van der Waals surface area contributed by atoms with Gasteiger partial charge in [0.1, 0.15) is 18.2 Å². The Labute approximate surface area is 214 Å². The molecule has 2 amide bonds. The molecule has 0 fully saturated rings. The second-order valence-electron chi connectivity index (χ2n) is 7.03. The molecule has 0 aromatic heterocycles. The van der Waals surface area contributed by atoms with Crippen LogP contribution in [0.25, 0.3) is 0 Å². The summed E-state index contributed by atoms with van der Waals surface area (Å²) in [7, 11) is 0. The van der Waals surface area contributed by atoms with Crippen molar-refractivity contribution < 1.29 is 18.7 Å². The average Bonchev–Trinajstić information content (AvgIpc) is 2.80. The van der Waals surface area contributed by atoms with E-state index in [1.807, 2.05) is 6.07 Å². The van der Waals surface area contributed by atoms with Gasteiger partial charge in [-0.25, -0.2) is 9.82 Å². The van der Waals surface area contributed by atoms with Crippen LogP contribution in [-0.4, -0.2) is 18.0 Å². The van der Waals surface area contributed by atoms with Crippen molar-refractivity contribution in [2.45, 2.75) is 19.4 Å². The second-order valence-corrected chi connectivity index (χ2v) is 8.79. The third-order valence-electron chi connectivity index (χ3n) is 4.49. The first-order chi connectivity index (χ1) is 16.3. The fourth-order valence-corrected chi connectivity index (χ4v) is 3.62. The summed E-state index contributed by atoms with van der Waals surface area (Å²) in [6.45, 7) is 0.210. The normalized spacial score (nSPS) is 10.8. The number of nitrogens with one attached hydrogen (secondary N) is 2. The van der Waals surface area contributed by atoms with E-state index in [4.69, 9.17) is 27.9 Å². The third-order valence-corrected chi connectivity index (χ3v) is 5.57. The zero-order valence-electron chi connectivity index (χ0n) is 17.7. The molecule has 0 saturated carbocycles. The largest absolute Gasteiger partial charge is 0.488 e. The van der Waals surface area contributed by atoms with Crippen LogP contribution in [0.1, 0.15) is 24.0 Å². The van der Waals surface area contributed by atoms with Crippen LogP contribution in [-0.2, 0) is 16.2 Å². The van der Waals surface area contributed by atoms with Crippen molar-refractivity contribution in [2.75, 3.05) is 5.32 Å². The van der Waals surface area contributed by atoms with Gasteiger partial charge in [-0.05, 0) is 42.5 Å². The molecule has 0 aliphatic rings. The van der Waals surface area contributed by atoms with Crippen LogP contribution in [0, 0.1) is 5.82 Å². The number of rotatable bonds is 9. The maximum absolute atomic E-state index is 13.6. The van der Waals surface area contributed by atoms with E-state index in [0.29, 0.717) is 21.4 Å². The van der Waals surface area contributed by atoms with E-state index < -0.39 is 17.6 Å². The molecule has 0 bridgehead atoms. The van der Waals surface area contributed by atoms with E-state index >= 15 is 0 Å². The predicted octanol–water partition coefficient (Wildman–Crippen LogP) is 6.34. The third kappa shape index (κ3) is 7.83. The van der Waals surface area contributed by atoms with Gasteiger partial charge in [0.2, 0.25) is 11.8 Å². The molecule has 10 heteroatoms. The number of carbonyl (C=O) groups excluding carboxylic acids is 2. The zero-order valence-corrected chi connectivity index (χ0v) is 20.8.